The quantitative estimate of drug-likeness (QED) is 0.806. The molecule has 0 radical (unpaired) electrons. The number of aromatic nitrogens is 1. The van der Waals surface area contributed by atoms with Crippen LogP contribution in [0.25, 0.3) is 11.5 Å². The maximum absolute atomic E-state index is 5.56. The third-order valence-electron chi connectivity index (χ3n) is 1.68. The van der Waals surface area contributed by atoms with Gasteiger partial charge in [-0.2, -0.15) is 0 Å². The molecule has 0 amide bonds. The van der Waals surface area contributed by atoms with Gasteiger partial charge in [-0.05, 0) is 28.1 Å². The molecule has 3 nitrogen and oxygen atoms in total. The number of rotatable bonds is 3. The highest BCUT2D eigenvalue weighted by molar-refractivity contribution is 9.10. The Labute approximate surface area is 94.2 Å². The van der Waals surface area contributed by atoms with E-state index in [0.717, 1.165) is 0 Å². The van der Waals surface area contributed by atoms with Gasteiger partial charge in [0, 0.05) is 12.3 Å². The van der Waals surface area contributed by atoms with E-state index in [-0.39, 0.29) is 0 Å². The fourth-order valence-electron chi connectivity index (χ4n) is 1.07. The number of aryl methyl sites for hydroxylation is 1. The Balaban J connectivity index is 2.24. The lowest BCUT2D eigenvalue weighted by atomic mass is 10.4. The molecule has 2 aromatic heterocycles. The summed E-state index contributed by atoms with van der Waals surface area (Å²) in [7, 11) is 0. The summed E-state index contributed by atoms with van der Waals surface area (Å²) < 4.78 is 11.4. The number of oxazole rings is 1. The van der Waals surface area contributed by atoms with Crippen LogP contribution in [-0.2, 0) is 6.42 Å². The molecule has 14 heavy (non-hydrogen) atoms. The highest BCUT2D eigenvalue weighted by Crippen LogP contribution is 2.25. The van der Waals surface area contributed by atoms with Crippen LogP contribution < -0.4 is 0 Å². The Morgan fingerprint density at radius 2 is 2.14 bits per heavy atom. The number of hydrogen-bond donors (Lipinski definition) is 0. The van der Waals surface area contributed by atoms with Crippen molar-refractivity contribution in [1.82, 2.24) is 4.98 Å². The van der Waals surface area contributed by atoms with Crippen molar-refractivity contribution in [3.05, 3.63) is 28.9 Å². The molecule has 2 aromatic rings. The van der Waals surface area contributed by atoms with Crippen molar-refractivity contribution in [3.63, 3.8) is 0 Å². The van der Waals surface area contributed by atoms with E-state index in [1.807, 2.05) is 6.07 Å². The molecule has 0 saturated carbocycles. The van der Waals surface area contributed by atoms with Gasteiger partial charge < -0.3 is 8.83 Å². The summed E-state index contributed by atoms with van der Waals surface area (Å²) in [5, 5.41) is 0. The van der Waals surface area contributed by atoms with Gasteiger partial charge in [-0.1, -0.05) is 0 Å². The van der Waals surface area contributed by atoms with Gasteiger partial charge in [0.05, 0.1) is 6.20 Å². The van der Waals surface area contributed by atoms with Crippen LogP contribution in [0, 0.1) is 0 Å². The van der Waals surface area contributed by atoms with E-state index in [1.165, 1.54) is 0 Å². The van der Waals surface area contributed by atoms with Crippen LogP contribution in [0.3, 0.4) is 0 Å². The first-order valence-corrected chi connectivity index (χ1v) is 5.38. The van der Waals surface area contributed by atoms with Gasteiger partial charge in [0.1, 0.15) is 0 Å². The van der Waals surface area contributed by atoms with Gasteiger partial charge in [-0.3, -0.25) is 0 Å². The van der Waals surface area contributed by atoms with E-state index in [4.69, 9.17) is 20.4 Å². The van der Waals surface area contributed by atoms with E-state index < -0.39 is 0 Å². The second-order valence-electron chi connectivity index (χ2n) is 2.66. The summed E-state index contributed by atoms with van der Waals surface area (Å²) >= 11 is 8.78. The van der Waals surface area contributed by atoms with Crippen molar-refractivity contribution < 1.29 is 8.83 Å². The molecule has 5 heteroatoms. The first-order chi connectivity index (χ1) is 6.79. The lowest BCUT2D eigenvalue weighted by molar-refractivity contribution is 0.481. The average Bonchev–Trinajstić information content (AvgIpc) is 2.74. The number of halogens is 2. The summed E-state index contributed by atoms with van der Waals surface area (Å²) in [6.07, 6.45) is 2.26. The van der Waals surface area contributed by atoms with Crippen molar-refractivity contribution >= 4 is 27.5 Å². The van der Waals surface area contributed by atoms with Crippen LogP contribution in [0.4, 0.5) is 0 Å². The summed E-state index contributed by atoms with van der Waals surface area (Å²) in [6, 6.07) is 3.62. The zero-order valence-electron chi connectivity index (χ0n) is 7.17. The Kier molecular flexibility index (Phi) is 2.93. The van der Waals surface area contributed by atoms with Crippen LogP contribution >= 0.6 is 27.5 Å². The predicted octanol–water partition coefficient (Wildman–Crippen LogP) is 3.48. The van der Waals surface area contributed by atoms with Crippen molar-refractivity contribution in [1.29, 1.82) is 0 Å². The van der Waals surface area contributed by atoms with Crippen LogP contribution in [-0.4, -0.2) is 10.9 Å². The summed E-state index contributed by atoms with van der Waals surface area (Å²) in [4.78, 5) is 4.07. The van der Waals surface area contributed by atoms with Gasteiger partial charge in [-0.25, -0.2) is 4.98 Å². The van der Waals surface area contributed by atoms with E-state index >= 15 is 0 Å². The lowest BCUT2D eigenvalue weighted by Gasteiger charge is -1.89. The van der Waals surface area contributed by atoms with Crippen LogP contribution in [0.5, 0.6) is 0 Å². The minimum absolute atomic E-state index is 0.502. The summed E-state index contributed by atoms with van der Waals surface area (Å²) in [5.41, 5.74) is 0. The molecule has 0 spiro atoms. The molecule has 0 bridgehead atoms. The molecule has 0 aromatic carbocycles. The second-order valence-corrected chi connectivity index (χ2v) is 3.82. The topological polar surface area (TPSA) is 39.2 Å². The summed E-state index contributed by atoms with van der Waals surface area (Å²) in [6.45, 7) is 0. The number of hydrogen-bond acceptors (Lipinski definition) is 3. The molecule has 0 aliphatic heterocycles. The van der Waals surface area contributed by atoms with E-state index in [9.17, 15) is 0 Å². The van der Waals surface area contributed by atoms with Gasteiger partial charge >= 0.3 is 0 Å². The SMILES string of the molecule is ClCCc1ncc(-c2ccc(Br)o2)o1. The minimum Gasteiger partial charge on any atom is -0.446 e. The van der Waals surface area contributed by atoms with E-state index in [0.29, 0.717) is 34.4 Å². The molecule has 0 aliphatic rings. The molecule has 74 valence electrons. The first-order valence-electron chi connectivity index (χ1n) is 4.06. The van der Waals surface area contributed by atoms with Gasteiger partial charge in [0.25, 0.3) is 0 Å². The third-order valence-corrected chi connectivity index (χ3v) is 2.29. The van der Waals surface area contributed by atoms with Crippen LogP contribution in [0.2, 0.25) is 0 Å². The predicted molar refractivity (Wildman–Crippen MR) is 56.3 cm³/mol. The fourth-order valence-corrected chi connectivity index (χ4v) is 1.54. The molecule has 0 unspecified atom stereocenters. The highest BCUT2D eigenvalue weighted by Gasteiger charge is 2.09. The van der Waals surface area contributed by atoms with Gasteiger partial charge in [0.2, 0.25) is 0 Å². The molecule has 0 fully saturated rings. The Morgan fingerprint density at radius 1 is 1.29 bits per heavy atom. The minimum atomic E-state index is 0.502. The maximum Gasteiger partial charge on any atom is 0.196 e. The fraction of sp³-hybridized carbons (Fsp3) is 0.222. The molecule has 2 rings (SSSR count). The highest BCUT2D eigenvalue weighted by atomic mass is 79.9. The smallest absolute Gasteiger partial charge is 0.196 e. The lowest BCUT2D eigenvalue weighted by Crippen LogP contribution is -1.83. The molecular weight excluding hydrogens is 269 g/mol. The molecule has 0 saturated heterocycles. The Morgan fingerprint density at radius 3 is 2.79 bits per heavy atom. The summed E-state index contributed by atoms with van der Waals surface area (Å²) in [5.74, 6) is 2.41. The van der Waals surface area contributed by atoms with Crippen LogP contribution in [0.15, 0.2) is 31.8 Å². The number of alkyl halides is 1. The largest absolute Gasteiger partial charge is 0.446 e. The average molecular weight is 277 g/mol. The molecule has 0 aliphatic carbocycles. The number of furan rings is 1. The standard InChI is InChI=1S/C9H7BrClNO2/c10-8-2-1-6(13-8)7-5-12-9(14-7)3-4-11/h1-2,5H,3-4H2. The van der Waals surface area contributed by atoms with Crippen molar-refractivity contribution in [2.24, 2.45) is 0 Å². The van der Waals surface area contributed by atoms with E-state index in [2.05, 4.69) is 20.9 Å². The Bertz CT molecular complexity index is 424. The molecule has 0 atom stereocenters. The van der Waals surface area contributed by atoms with Crippen molar-refractivity contribution in [2.45, 2.75) is 6.42 Å². The normalized spacial score (nSPS) is 10.7. The van der Waals surface area contributed by atoms with Crippen molar-refractivity contribution in [2.75, 3.05) is 5.88 Å². The first kappa shape index (κ1) is 9.80. The molecular formula is C9H7BrClNO2. The Hall–Kier alpha value is -0.740. The van der Waals surface area contributed by atoms with Crippen molar-refractivity contribution in [3.8, 4) is 11.5 Å². The van der Waals surface area contributed by atoms with E-state index in [1.54, 1.807) is 12.3 Å². The zero-order chi connectivity index (χ0) is 9.97. The third kappa shape index (κ3) is 2.01. The molecule has 2 heterocycles. The maximum atomic E-state index is 5.56. The van der Waals surface area contributed by atoms with Crippen LogP contribution in [0.1, 0.15) is 5.89 Å². The monoisotopic (exact) mass is 275 g/mol. The zero-order valence-corrected chi connectivity index (χ0v) is 9.51. The molecule has 0 N–H and O–H groups in total. The second kappa shape index (κ2) is 4.19. The van der Waals surface area contributed by atoms with Gasteiger partial charge in [0.15, 0.2) is 22.1 Å². The van der Waals surface area contributed by atoms with Gasteiger partial charge in [-0.15, -0.1) is 11.6 Å². The number of nitrogens with zero attached hydrogens (tertiary/aromatic N) is 1.